The van der Waals surface area contributed by atoms with Gasteiger partial charge >= 0.3 is 6.09 Å². The van der Waals surface area contributed by atoms with Crippen molar-refractivity contribution in [3.8, 4) is 0 Å². The molecule has 0 saturated carbocycles. The van der Waals surface area contributed by atoms with Gasteiger partial charge in [0.15, 0.2) is 0 Å². The molecule has 32 heavy (non-hydrogen) atoms. The highest BCUT2D eigenvalue weighted by molar-refractivity contribution is 6.76. The van der Waals surface area contributed by atoms with Crippen molar-refractivity contribution in [3.05, 3.63) is 18.2 Å². The Bertz CT molecular complexity index is 922. The number of para-hydroxylation sites is 1. The lowest BCUT2D eigenvalue weighted by Gasteiger charge is -2.45. The monoisotopic (exact) mass is 461 g/mol. The summed E-state index contributed by atoms with van der Waals surface area (Å²) >= 11 is 0. The minimum absolute atomic E-state index is 0.0150. The van der Waals surface area contributed by atoms with Crippen LogP contribution in [0.4, 0.5) is 10.5 Å². The molecule has 178 valence electrons. The van der Waals surface area contributed by atoms with Gasteiger partial charge in [0.1, 0.15) is 23.4 Å². The molecule has 8 nitrogen and oxygen atoms in total. The number of benzene rings is 1. The Kier molecular flexibility index (Phi) is 7.19. The summed E-state index contributed by atoms with van der Waals surface area (Å²) in [5.41, 5.74) is 2.40. The van der Waals surface area contributed by atoms with Crippen molar-refractivity contribution in [1.82, 2.24) is 19.9 Å². The van der Waals surface area contributed by atoms with E-state index in [1.807, 2.05) is 42.5 Å². The third kappa shape index (κ3) is 6.01. The van der Waals surface area contributed by atoms with Gasteiger partial charge in [0.05, 0.1) is 17.8 Å². The van der Waals surface area contributed by atoms with Crippen molar-refractivity contribution < 1.29 is 14.3 Å². The largest absolute Gasteiger partial charge is 0.444 e. The Hall–Kier alpha value is -2.13. The van der Waals surface area contributed by atoms with E-state index < -0.39 is 13.7 Å². The quantitative estimate of drug-likeness (QED) is 0.463. The predicted molar refractivity (Wildman–Crippen MR) is 131 cm³/mol. The van der Waals surface area contributed by atoms with Crippen LogP contribution >= 0.6 is 0 Å². The van der Waals surface area contributed by atoms with E-state index in [1.165, 1.54) is 0 Å². The summed E-state index contributed by atoms with van der Waals surface area (Å²) in [5.74, 6) is 0. The van der Waals surface area contributed by atoms with Crippen LogP contribution in [0.2, 0.25) is 25.7 Å². The van der Waals surface area contributed by atoms with Gasteiger partial charge in [0, 0.05) is 27.8 Å². The zero-order valence-corrected chi connectivity index (χ0v) is 21.9. The van der Waals surface area contributed by atoms with Gasteiger partial charge in [-0.2, -0.15) is 0 Å². The molecule has 0 spiro atoms. The number of hydrogen-bond acceptors (Lipinski definition) is 6. The Morgan fingerprint density at radius 3 is 2.41 bits per heavy atom. The van der Waals surface area contributed by atoms with Crippen molar-refractivity contribution in [3.63, 3.8) is 0 Å². The summed E-state index contributed by atoms with van der Waals surface area (Å²) in [4.78, 5) is 16.9. The fourth-order valence-corrected chi connectivity index (χ4v) is 4.84. The van der Waals surface area contributed by atoms with Crippen LogP contribution in [-0.4, -0.2) is 71.4 Å². The Labute approximate surface area is 192 Å². The lowest BCUT2D eigenvalue weighted by atomic mass is 10.1. The van der Waals surface area contributed by atoms with Crippen LogP contribution in [-0.2, 0) is 16.2 Å². The molecular formula is C23H39N5O3Si. The number of carbonyl (C=O) groups is 1. The number of anilines is 1. The number of fused-ring (bicyclic) bond motifs is 1. The van der Waals surface area contributed by atoms with Gasteiger partial charge in [-0.1, -0.05) is 30.9 Å². The smallest absolute Gasteiger partial charge is 0.410 e. The van der Waals surface area contributed by atoms with Crippen LogP contribution in [0.5, 0.6) is 0 Å². The molecule has 9 heteroatoms. The van der Waals surface area contributed by atoms with Gasteiger partial charge in [0.2, 0.25) is 0 Å². The van der Waals surface area contributed by atoms with E-state index in [-0.39, 0.29) is 18.2 Å². The summed E-state index contributed by atoms with van der Waals surface area (Å²) in [5, 5.41) is 8.70. The van der Waals surface area contributed by atoms with Crippen LogP contribution in [0.1, 0.15) is 34.6 Å². The first-order chi connectivity index (χ1) is 14.9. The number of carbonyl (C=O) groups excluding carboxylic acids is 1. The molecule has 0 unspecified atom stereocenters. The van der Waals surface area contributed by atoms with Crippen LogP contribution in [0.25, 0.3) is 11.0 Å². The first-order valence-electron chi connectivity index (χ1n) is 11.5. The number of nitrogens with zero attached hydrogens (tertiary/aromatic N) is 5. The third-order valence-corrected chi connectivity index (χ3v) is 7.29. The molecule has 1 aliphatic rings. The van der Waals surface area contributed by atoms with Gasteiger partial charge < -0.3 is 14.4 Å². The van der Waals surface area contributed by atoms with Crippen LogP contribution < -0.4 is 4.90 Å². The fourth-order valence-electron chi connectivity index (χ4n) is 4.08. The molecule has 0 radical (unpaired) electrons. The topological polar surface area (TPSA) is 72.7 Å². The maximum atomic E-state index is 12.8. The molecule has 1 amide bonds. The third-order valence-electron chi connectivity index (χ3n) is 5.59. The van der Waals surface area contributed by atoms with Crippen molar-refractivity contribution in [1.29, 1.82) is 0 Å². The Morgan fingerprint density at radius 1 is 1.16 bits per heavy atom. The highest BCUT2D eigenvalue weighted by atomic mass is 28.3. The zero-order valence-electron chi connectivity index (χ0n) is 20.9. The van der Waals surface area contributed by atoms with Crippen LogP contribution in [0.3, 0.4) is 0 Å². The van der Waals surface area contributed by atoms with Gasteiger partial charge in [-0.05, 0) is 52.8 Å². The van der Waals surface area contributed by atoms with Crippen LogP contribution in [0.15, 0.2) is 18.2 Å². The molecule has 2 heterocycles. The second-order valence-corrected chi connectivity index (χ2v) is 16.7. The summed E-state index contributed by atoms with van der Waals surface area (Å²) in [7, 11) is -1.14. The van der Waals surface area contributed by atoms with E-state index in [1.54, 1.807) is 0 Å². The first kappa shape index (κ1) is 24.5. The predicted octanol–water partition coefficient (Wildman–Crippen LogP) is 4.58. The molecule has 3 rings (SSSR count). The maximum absolute atomic E-state index is 12.8. The number of rotatable bonds is 6. The molecule has 1 aromatic carbocycles. The van der Waals surface area contributed by atoms with E-state index >= 15 is 0 Å². The zero-order chi connectivity index (χ0) is 23.7. The highest BCUT2D eigenvalue weighted by Crippen LogP contribution is 2.30. The lowest BCUT2D eigenvalue weighted by molar-refractivity contribution is 0.00567. The SMILES string of the molecule is C[C@@H]1CN(c2cccc3nnn(COCC[Si](C)(C)C)c23)C[C@H](C)N1C(=O)OC(C)(C)C. The van der Waals surface area contributed by atoms with Gasteiger partial charge in [0.25, 0.3) is 0 Å². The van der Waals surface area contributed by atoms with Crippen LogP contribution in [0, 0.1) is 0 Å². The maximum Gasteiger partial charge on any atom is 0.410 e. The molecule has 1 aliphatic heterocycles. The van der Waals surface area contributed by atoms with Gasteiger partial charge in [-0.3, -0.25) is 4.90 Å². The minimum atomic E-state index is -1.14. The van der Waals surface area contributed by atoms with Crippen molar-refractivity contribution >= 4 is 30.9 Å². The number of aromatic nitrogens is 3. The molecule has 1 saturated heterocycles. The van der Waals surface area contributed by atoms with Gasteiger partial charge in [-0.15, -0.1) is 5.10 Å². The molecule has 2 aromatic rings. The molecule has 1 fully saturated rings. The second kappa shape index (κ2) is 9.39. The molecular weight excluding hydrogens is 422 g/mol. The summed E-state index contributed by atoms with van der Waals surface area (Å²) in [6, 6.07) is 7.25. The van der Waals surface area contributed by atoms with E-state index in [4.69, 9.17) is 9.47 Å². The van der Waals surface area contributed by atoms with Crippen molar-refractivity contribution in [2.45, 2.75) is 84.7 Å². The molecule has 1 aromatic heterocycles. The van der Waals surface area contributed by atoms with E-state index in [2.05, 4.69) is 54.8 Å². The first-order valence-corrected chi connectivity index (χ1v) is 15.2. The summed E-state index contributed by atoms with van der Waals surface area (Å²) in [6.07, 6.45) is -0.252. The normalized spacial score (nSPS) is 20.1. The fraction of sp³-hybridized carbons (Fsp3) is 0.696. The summed E-state index contributed by atoms with van der Waals surface area (Å²) < 4.78 is 13.4. The molecule has 0 aliphatic carbocycles. The molecule has 2 atom stereocenters. The molecule has 0 N–H and O–H groups in total. The highest BCUT2D eigenvalue weighted by Gasteiger charge is 2.36. The number of hydrogen-bond donors (Lipinski definition) is 0. The lowest BCUT2D eigenvalue weighted by Crippen LogP contribution is -2.59. The summed E-state index contributed by atoms with van der Waals surface area (Å²) in [6.45, 7) is 19.4. The van der Waals surface area contributed by atoms with E-state index in [0.717, 1.165) is 29.4 Å². The minimum Gasteiger partial charge on any atom is -0.444 e. The number of amides is 1. The second-order valence-electron chi connectivity index (χ2n) is 11.1. The van der Waals surface area contributed by atoms with Crippen molar-refractivity contribution in [2.24, 2.45) is 0 Å². The standard InChI is InChI=1S/C23H39N5O3Si/c1-17-14-26(15-18(2)28(17)22(29)31-23(3,4)5)20-11-9-10-19-21(20)27(25-24-19)16-30-12-13-32(6,7)8/h9-11,17-18H,12-16H2,1-8H3/t17-,18+. The Balaban J connectivity index is 1.77. The van der Waals surface area contributed by atoms with Gasteiger partial charge in [-0.25, -0.2) is 9.48 Å². The number of piperazine rings is 1. The number of ether oxygens (including phenoxy) is 2. The van der Waals surface area contributed by atoms with Crippen molar-refractivity contribution in [2.75, 3.05) is 24.6 Å². The average Bonchev–Trinajstić information content (AvgIpc) is 3.05. The van der Waals surface area contributed by atoms with E-state index in [9.17, 15) is 4.79 Å². The van der Waals surface area contributed by atoms with E-state index in [0.29, 0.717) is 19.8 Å². The average molecular weight is 462 g/mol. The molecule has 0 bridgehead atoms. The Morgan fingerprint density at radius 2 is 1.81 bits per heavy atom.